The molecule has 0 aliphatic heterocycles. The topological polar surface area (TPSA) is 74.6 Å². The van der Waals surface area contributed by atoms with Gasteiger partial charge < -0.3 is 10.2 Å². The molecular formula is C14H8Br2O4. The molecule has 6 heteroatoms. The van der Waals surface area contributed by atoms with E-state index in [0.717, 1.165) is 0 Å². The molecule has 2 aromatic carbocycles. The first-order valence-electron chi connectivity index (χ1n) is 5.47. The van der Waals surface area contributed by atoms with Gasteiger partial charge in [-0.25, -0.2) is 9.59 Å². The van der Waals surface area contributed by atoms with Crippen LogP contribution < -0.4 is 0 Å². The minimum absolute atomic E-state index is 0.0359. The Bertz CT molecular complexity index is 649. The predicted molar refractivity (Wildman–Crippen MR) is 81.2 cm³/mol. The van der Waals surface area contributed by atoms with Crippen LogP contribution in [-0.2, 0) is 0 Å². The van der Waals surface area contributed by atoms with Crippen LogP contribution >= 0.6 is 31.9 Å². The lowest BCUT2D eigenvalue weighted by Crippen LogP contribution is -2.05. The van der Waals surface area contributed by atoms with E-state index in [4.69, 9.17) is 0 Å². The first-order valence-corrected chi connectivity index (χ1v) is 7.06. The fraction of sp³-hybridized carbons (Fsp3) is 0. The SMILES string of the molecule is O=C(O)c1cccc(Br)c1-c1c(Br)cccc1C(=O)O. The molecule has 102 valence electrons. The van der Waals surface area contributed by atoms with Crippen LogP contribution in [-0.4, -0.2) is 22.2 Å². The maximum atomic E-state index is 11.4. The van der Waals surface area contributed by atoms with E-state index in [2.05, 4.69) is 31.9 Å². The Balaban J connectivity index is 2.88. The highest BCUT2D eigenvalue weighted by atomic mass is 79.9. The van der Waals surface area contributed by atoms with E-state index in [9.17, 15) is 19.8 Å². The van der Waals surface area contributed by atoms with Crippen molar-refractivity contribution in [1.29, 1.82) is 0 Å². The van der Waals surface area contributed by atoms with Gasteiger partial charge in [-0.3, -0.25) is 0 Å². The second-order valence-corrected chi connectivity index (χ2v) is 5.64. The quantitative estimate of drug-likeness (QED) is 0.807. The van der Waals surface area contributed by atoms with Crippen molar-refractivity contribution in [2.45, 2.75) is 0 Å². The first-order chi connectivity index (χ1) is 9.43. The summed E-state index contributed by atoms with van der Waals surface area (Å²) in [6.07, 6.45) is 0. The van der Waals surface area contributed by atoms with E-state index in [-0.39, 0.29) is 11.1 Å². The van der Waals surface area contributed by atoms with Gasteiger partial charge in [-0.2, -0.15) is 0 Å². The molecule has 0 saturated carbocycles. The Morgan fingerprint density at radius 3 is 1.40 bits per heavy atom. The summed E-state index contributed by atoms with van der Waals surface area (Å²) in [7, 11) is 0. The predicted octanol–water partition coefficient (Wildman–Crippen LogP) is 4.28. The number of halogens is 2. The lowest BCUT2D eigenvalue weighted by molar-refractivity contribution is 0.0684. The van der Waals surface area contributed by atoms with Crippen molar-refractivity contribution in [1.82, 2.24) is 0 Å². The molecule has 2 rings (SSSR count). The summed E-state index contributed by atoms with van der Waals surface area (Å²) in [5.41, 5.74) is 0.748. The molecule has 0 unspecified atom stereocenters. The van der Waals surface area contributed by atoms with Crippen LogP contribution in [0.4, 0.5) is 0 Å². The van der Waals surface area contributed by atoms with E-state index >= 15 is 0 Å². The first kappa shape index (κ1) is 14.7. The second kappa shape index (κ2) is 5.76. The van der Waals surface area contributed by atoms with E-state index in [0.29, 0.717) is 20.1 Å². The molecule has 2 aromatic rings. The summed E-state index contributed by atoms with van der Waals surface area (Å²) in [5.74, 6) is -2.23. The average molecular weight is 400 g/mol. The minimum atomic E-state index is -1.12. The van der Waals surface area contributed by atoms with Crippen molar-refractivity contribution in [3.63, 3.8) is 0 Å². The summed E-state index contributed by atoms with van der Waals surface area (Å²) >= 11 is 6.58. The molecule has 0 aliphatic rings. The van der Waals surface area contributed by atoms with E-state index in [1.165, 1.54) is 12.1 Å². The zero-order chi connectivity index (χ0) is 14.9. The summed E-state index contributed by atoms with van der Waals surface area (Å²) in [5, 5.41) is 18.6. The molecular weight excluding hydrogens is 392 g/mol. The molecule has 2 N–H and O–H groups in total. The second-order valence-electron chi connectivity index (χ2n) is 3.94. The Kier molecular flexibility index (Phi) is 4.25. The molecule has 0 aromatic heterocycles. The van der Waals surface area contributed by atoms with Gasteiger partial charge in [0.2, 0.25) is 0 Å². The third kappa shape index (κ3) is 2.62. The molecule has 0 saturated heterocycles. The van der Waals surface area contributed by atoms with Crippen LogP contribution in [0.3, 0.4) is 0 Å². The van der Waals surface area contributed by atoms with Crippen LogP contribution in [0.1, 0.15) is 20.7 Å². The standard InChI is InChI=1S/C14H8Br2O4/c15-9-5-1-3-7(13(17)18)11(9)12-8(14(19)20)4-2-6-10(12)16/h1-6H,(H,17,18)(H,19,20). The summed E-state index contributed by atoms with van der Waals surface area (Å²) in [4.78, 5) is 22.7. The number of carbonyl (C=O) groups is 2. The molecule has 0 fully saturated rings. The summed E-state index contributed by atoms with van der Waals surface area (Å²) in [6.45, 7) is 0. The third-order valence-corrected chi connectivity index (χ3v) is 4.06. The highest BCUT2D eigenvalue weighted by Gasteiger charge is 2.22. The monoisotopic (exact) mass is 398 g/mol. The van der Waals surface area contributed by atoms with Crippen molar-refractivity contribution < 1.29 is 19.8 Å². The lowest BCUT2D eigenvalue weighted by atomic mass is 9.95. The largest absolute Gasteiger partial charge is 0.478 e. The van der Waals surface area contributed by atoms with Gasteiger partial charge in [-0.05, 0) is 24.3 Å². The number of hydrogen-bond donors (Lipinski definition) is 2. The van der Waals surface area contributed by atoms with Crippen molar-refractivity contribution in [3.8, 4) is 11.1 Å². The molecule has 4 nitrogen and oxygen atoms in total. The molecule has 0 bridgehead atoms. The fourth-order valence-corrected chi connectivity index (χ4v) is 3.04. The maximum absolute atomic E-state index is 11.4. The smallest absolute Gasteiger partial charge is 0.336 e. The molecule has 0 amide bonds. The number of carboxylic acids is 2. The Labute approximate surface area is 131 Å². The molecule has 0 heterocycles. The molecule has 0 radical (unpaired) electrons. The third-order valence-electron chi connectivity index (χ3n) is 2.74. The number of carboxylic acid groups (broad SMARTS) is 2. The zero-order valence-electron chi connectivity index (χ0n) is 9.93. The van der Waals surface area contributed by atoms with Crippen LogP contribution in [0.25, 0.3) is 11.1 Å². The Hall–Kier alpha value is -1.66. The zero-order valence-corrected chi connectivity index (χ0v) is 13.1. The van der Waals surface area contributed by atoms with Gasteiger partial charge in [0.05, 0.1) is 11.1 Å². The molecule has 0 aliphatic carbocycles. The average Bonchev–Trinajstić information content (AvgIpc) is 2.38. The molecule has 0 atom stereocenters. The van der Waals surface area contributed by atoms with Gasteiger partial charge in [0.25, 0.3) is 0 Å². The van der Waals surface area contributed by atoms with Crippen molar-refractivity contribution in [3.05, 3.63) is 56.5 Å². The lowest BCUT2D eigenvalue weighted by Gasteiger charge is -2.13. The van der Waals surface area contributed by atoms with Gasteiger partial charge in [0.15, 0.2) is 0 Å². The van der Waals surface area contributed by atoms with Gasteiger partial charge in [0.1, 0.15) is 0 Å². The highest BCUT2D eigenvalue weighted by molar-refractivity contribution is 9.11. The fourth-order valence-electron chi connectivity index (χ4n) is 1.91. The van der Waals surface area contributed by atoms with E-state index < -0.39 is 11.9 Å². The highest BCUT2D eigenvalue weighted by Crippen LogP contribution is 2.38. The Morgan fingerprint density at radius 2 is 1.10 bits per heavy atom. The van der Waals surface area contributed by atoms with Crippen molar-refractivity contribution in [2.75, 3.05) is 0 Å². The molecule has 0 spiro atoms. The van der Waals surface area contributed by atoms with Crippen molar-refractivity contribution >= 4 is 43.8 Å². The maximum Gasteiger partial charge on any atom is 0.336 e. The number of rotatable bonds is 3. The van der Waals surface area contributed by atoms with Crippen LogP contribution in [0, 0.1) is 0 Å². The van der Waals surface area contributed by atoms with Gasteiger partial charge in [-0.1, -0.05) is 44.0 Å². The summed E-state index contributed by atoms with van der Waals surface area (Å²) < 4.78 is 1.04. The van der Waals surface area contributed by atoms with Gasteiger partial charge >= 0.3 is 11.9 Å². The number of hydrogen-bond acceptors (Lipinski definition) is 2. The van der Waals surface area contributed by atoms with E-state index in [1.54, 1.807) is 24.3 Å². The van der Waals surface area contributed by atoms with Gasteiger partial charge in [-0.15, -0.1) is 0 Å². The number of benzene rings is 2. The normalized spacial score (nSPS) is 10.3. The van der Waals surface area contributed by atoms with Crippen LogP contribution in [0.15, 0.2) is 45.3 Å². The number of aromatic carboxylic acids is 2. The molecule has 20 heavy (non-hydrogen) atoms. The Morgan fingerprint density at radius 1 is 0.750 bits per heavy atom. The van der Waals surface area contributed by atoms with Crippen LogP contribution in [0.5, 0.6) is 0 Å². The van der Waals surface area contributed by atoms with Crippen molar-refractivity contribution in [2.24, 2.45) is 0 Å². The minimum Gasteiger partial charge on any atom is -0.478 e. The summed E-state index contributed by atoms with van der Waals surface area (Å²) in [6, 6.07) is 9.41. The van der Waals surface area contributed by atoms with Gasteiger partial charge in [0, 0.05) is 20.1 Å². The van der Waals surface area contributed by atoms with E-state index in [1.807, 2.05) is 0 Å². The van der Waals surface area contributed by atoms with Crippen LogP contribution in [0.2, 0.25) is 0 Å².